The van der Waals surface area contributed by atoms with E-state index in [1.165, 1.54) is 0 Å². The first-order valence-electron chi connectivity index (χ1n) is 6.51. The molecule has 2 atom stereocenters. The molecule has 4 heteroatoms. The molecule has 0 saturated carbocycles. The average Bonchev–Trinajstić information content (AvgIpc) is 2.74. The molecular weight excluding hydrogens is 240 g/mol. The van der Waals surface area contributed by atoms with Gasteiger partial charge in [0, 0.05) is 18.4 Å². The number of benzene rings is 1. The van der Waals surface area contributed by atoms with Gasteiger partial charge in [0.2, 0.25) is 5.91 Å². The fourth-order valence-electron chi connectivity index (χ4n) is 2.58. The Morgan fingerprint density at radius 3 is 2.63 bits per heavy atom. The van der Waals surface area contributed by atoms with Crippen molar-refractivity contribution in [3.05, 3.63) is 35.9 Å². The van der Waals surface area contributed by atoms with E-state index in [9.17, 15) is 4.79 Å². The SMILES string of the molecule is C/C(=N\O)[C@@]1(C)CC(=O)N([C@H](C)c2ccccc2)C1. The highest BCUT2D eigenvalue weighted by Gasteiger charge is 2.43. The Kier molecular flexibility index (Phi) is 3.60. The highest BCUT2D eigenvalue weighted by atomic mass is 16.4. The Hall–Kier alpha value is -1.84. The van der Waals surface area contributed by atoms with Crippen LogP contribution in [0.2, 0.25) is 0 Å². The quantitative estimate of drug-likeness (QED) is 0.516. The van der Waals surface area contributed by atoms with Gasteiger partial charge in [0.05, 0.1) is 11.8 Å². The number of hydrogen-bond donors (Lipinski definition) is 1. The Bertz CT molecular complexity index is 498. The predicted molar refractivity (Wildman–Crippen MR) is 74.2 cm³/mol. The molecule has 102 valence electrons. The van der Waals surface area contributed by atoms with Crippen molar-refractivity contribution < 1.29 is 10.0 Å². The number of nitrogens with zero attached hydrogens (tertiary/aromatic N) is 2. The minimum Gasteiger partial charge on any atom is -0.411 e. The van der Waals surface area contributed by atoms with Crippen molar-refractivity contribution in [1.29, 1.82) is 0 Å². The molecule has 1 heterocycles. The largest absolute Gasteiger partial charge is 0.411 e. The van der Waals surface area contributed by atoms with Gasteiger partial charge in [-0.1, -0.05) is 42.4 Å². The van der Waals surface area contributed by atoms with Crippen molar-refractivity contribution in [3.8, 4) is 0 Å². The lowest BCUT2D eigenvalue weighted by Crippen LogP contribution is -2.32. The Labute approximate surface area is 113 Å². The molecular formula is C15H20N2O2. The first kappa shape index (κ1) is 13.6. The number of amides is 1. The van der Waals surface area contributed by atoms with Gasteiger partial charge in [0.1, 0.15) is 0 Å². The number of likely N-dealkylation sites (tertiary alicyclic amines) is 1. The lowest BCUT2D eigenvalue weighted by Gasteiger charge is -2.28. The summed E-state index contributed by atoms with van der Waals surface area (Å²) in [6.07, 6.45) is 0.403. The zero-order valence-corrected chi connectivity index (χ0v) is 11.6. The van der Waals surface area contributed by atoms with Gasteiger partial charge in [0.25, 0.3) is 0 Å². The summed E-state index contributed by atoms with van der Waals surface area (Å²) >= 11 is 0. The summed E-state index contributed by atoms with van der Waals surface area (Å²) in [5.74, 6) is 0.113. The molecule has 0 radical (unpaired) electrons. The van der Waals surface area contributed by atoms with Crippen molar-refractivity contribution in [2.75, 3.05) is 6.54 Å². The summed E-state index contributed by atoms with van der Waals surface area (Å²) in [5, 5.41) is 12.2. The van der Waals surface area contributed by atoms with E-state index in [1.54, 1.807) is 6.92 Å². The Balaban J connectivity index is 2.21. The van der Waals surface area contributed by atoms with Gasteiger partial charge in [-0.15, -0.1) is 0 Å². The Morgan fingerprint density at radius 1 is 1.42 bits per heavy atom. The minimum absolute atomic E-state index is 0.0435. The van der Waals surface area contributed by atoms with Gasteiger partial charge in [-0.05, 0) is 19.4 Å². The van der Waals surface area contributed by atoms with Crippen LogP contribution >= 0.6 is 0 Å². The van der Waals surface area contributed by atoms with Crippen LogP contribution < -0.4 is 0 Å². The van der Waals surface area contributed by atoms with E-state index in [-0.39, 0.29) is 17.4 Å². The molecule has 0 aliphatic carbocycles. The van der Waals surface area contributed by atoms with Crippen molar-refractivity contribution in [2.45, 2.75) is 33.2 Å². The third-order valence-electron chi connectivity index (χ3n) is 4.15. The van der Waals surface area contributed by atoms with E-state index in [4.69, 9.17) is 5.21 Å². The van der Waals surface area contributed by atoms with E-state index in [1.807, 2.05) is 49.1 Å². The molecule has 1 aliphatic heterocycles. The summed E-state index contributed by atoms with van der Waals surface area (Å²) < 4.78 is 0. The monoisotopic (exact) mass is 260 g/mol. The van der Waals surface area contributed by atoms with Crippen molar-refractivity contribution in [1.82, 2.24) is 4.90 Å². The van der Waals surface area contributed by atoms with Crippen LogP contribution in [-0.4, -0.2) is 28.3 Å². The van der Waals surface area contributed by atoms with Gasteiger partial charge >= 0.3 is 0 Å². The van der Waals surface area contributed by atoms with Crippen LogP contribution in [0.4, 0.5) is 0 Å². The van der Waals surface area contributed by atoms with Crippen LogP contribution in [0, 0.1) is 5.41 Å². The van der Waals surface area contributed by atoms with E-state index in [2.05, 4.69) is 5.16 Å². The molecule has 1 saturated heterocycles. The highest BCUT2D eigenvalue weighted by molar-refractivity contribution is 5.95. The first-order chi connectivity index (χ1) is 8.98. The molecule has 1 N–H and O–H groups in total. The van der Waals surface area contributed by atoms with E-state index >= 15 is 0 Å². The molecule has 1 amide bonds. The number of carbonyl (C=O) groups is 1. The molecule has 0 unspecified atom stereocenters. The van der Waals surface area contributed by atoms with Crippen LogP contribution in [0.15, 0.2) is 35.5 Å². The van der Waals surface area contributed by atoms with E-state index < -0.39 is 0 Å². The van der Waals surface area contributed by atoms with Gasteiger partial charge in [-0.3, -0.25) is 4.79 Å². The molecule has 4 nitrogen and oxygen atoms in total. The van der Waals surface area contributed by atoms with Crippen molar-refractivity contribution in [2.24, 2.45) is 10.6 Å². The summed E-state index contributed by atoms with van der Waals surface area (Å²) in [4.78, 5) is 14.1. The van der Waals surface area contributed by atoms with Crippen LogP contribution in [0.1, 0.15) is 38.8 Å². The molecule has 1 aliphatic rings. The zero-order chi connectivity index (χ0) is 14.0. The maximum Gasteiger partial charge on any atom is 0.224 e. The smallest absolute Gasteiger partial charge is 0.224 e. The summed E-state index contributed by atoms with van der Waals surface area (Å²) in [5.41, 5.74) is 1.37. The molecule has 1 fully saturated rings. The average molecular weight is 260 g/mol. The summed E-state index contributed by atoms with van der Waals surface area (Å²) in [6, 6.07) is 10.0. The van der Waals surface area contributed by atoms with Crippen LogP contribution in [0.3, 0.4) is 0 Å². The molecule has 2 rings (SSSR count). The lowest BCUT2D eigenvalue weighted by molar-refractivity contribution is -0.129. The van der Waals surface area contributed by atoms with Crippen LogP contribution in [0.25, 0.3) is 0 Å². The lowest BCUT2D eigenvalue weighted by atomic mass is 9.85. The fourth-order valence-corrected chi connectivity index (χ4v) is 2.58. The second-order valence-corrected chi connectivity index (χ2v) is 5.53. The highest BCUT2D eigenvalue weighted by Crippen LogP contribution is 2.37. The topological polar surface area (TPSA) is 52.9 Å². The molecule has 19 heavy (non-hydrogen) atoms. The molecule has 1 aromatic carbocycles. The third-order valence-corrected chi connectivity index (χ3v) is 4.15. The van der Waals surface area contributed by atoms with Gasteiger partial charge in [-0.25, -0.2) is 0 Å². The maximum atomic E-state index is 12.2. The molecule has 1 aromatic rings. The van der Waals surface area contributed by atoms with E-state index in [0.29, 0.717) is 18.7 Å². The standard InChI is InChI=1S/C15H20N2O2/c1-11(13-7-5-4-6-8-13)17-10-15(3,9-14(17)18)12(2)16-19/h4-8,11,19H,9-10H2,1-3H3/b16-12+/t11-,15+/m1/s1. The van der Waals surface area contributed by atoms with E-state index in [0.717, 1.165) is 5.56 Å². The summed E-state index contributed by atoms with van der Waals surface area (Å²) in [7, 11) is 0. The van der Waals surface area contributed by atoms with Crippen molar-refractivity contribution in [3.63, 3.8) is 0 Å². The first-order valence-corrected chi connectivity index (χ1v) is 6.51. The van der Waals surface area contributed by atoms with Gasteiger partial charge in [-0.2, -0.15) is 0 Å². The molecule has 0 spiro atoms. The van der Waals surface area contributed by atoms with Crippen LogP contribution in [-0.2, 0) is 4.79 Å². The second kappa shape index (κ2) is 5.03. The normalized spacial score (nSPS) is 25.7. The summed E-state index contributed by atoms with van der Waals surface area (Å²) in [6.45, 7) is 6.36. The number of rotatable bonds is 3. The number of oxime groups is 1. The maximum absolute atomic E-state index is 12.2. The number of hydrogen-bond acceptors (Lipinski definition) is 3. The Morgan fingerprint density at radius 2 is 2.05 bits per heavy atom. The second-order valence-electron chi connectivity index (χ2n) is 5.53. The zero-order valence-electron chi connectivity index (χ0n) is 11.6. The third kappa shape index (κ3) is 2.48. The minimum atomic E-state index is -0.366. The van der Waals surface area contributed by atoms with Gasteiger partial charge in [0.15, 0.2) is 0 Å². The molecule has 0 bridgehead atoms. The van der Waals surface area contributed by atoms with Crippen molar-refractivity contribution >= 4 is 11.6 Å². The van der Waals surface area contributed by atoms with Crippen LogP contribution in [0.5, 0.6) is 0 Å². The fraction of sp³-hybridized carbons (Fsp3) is 0.467. The molecule has 0 aromatic heterocycles. The number of carbonyl (C=O) groups excluding carboxylic acids is 1. The predicted octanol–water partition coefficient (Wildman–Crippen LogP) is 2.84. The van der Waals surface area contributed by atoms with Gasteiger partial charge < -0.3 is 10.1 Å².